The van der Waals surface area contributed by atoms with Crippen LogP contribution in [0.4, 0.5) is 4.39 Å². The number of nitrogens with zero attached hydrogens (tertiary/aromatic N) is 1. The van der Waals surface area contributed by atoms with Gasteiger partial charge in [-0.25, -0.2) is 4.39 Å². The van der Waals surface area contributed by atoms with E-state index in [2.05, 4.69) is 0 Å². The summed E-state index contributed by atoms with van der Waals surface area (Å²) in [7, 11) is 1.44. The van der Waals surface area contributed by atoms with Crippen molar-refractivity contribution in [2.45, 2.75) is 40.4 Å². The van der Waals surface area contributed by atoms with Crippen molar-refractivity contribution < 1.29 is 34.3 Å². The Balaban J connectivity index is 1.84. The van der Waals surface area contributed by atoms with Crippen LogP contribution in [-0.2, 0) is 4.74 Å². The van der Waals surface area contributed by atoms with Crippen molar-refractivity contribution in [2.75, 3.05) is 13.7 Å². The maximum Gasteiger partial charge on any atom is 0.163 e. The first kappa shape index (κ1) is 23.6. The molecule has 1 aliphatic heterocycles. The largest absolute Gasteiger partial charge is 0.497 e. The topological polar surface area (TPSA) is 104 Å². The minimum Gasteiger partial charge on any atom is -0.497 e. The zero-order chi connectivity index (χ0) is 23.2. The maximum absolute atomic E-state index is 14.6. The number of halogens is 3. The molecule has 11 heteroatoms. The van der Waals surface area contributed by atoms with Gasteiger partial charge in [-0.2, -0.15) is 0 Å². The molecule has 1 fully saturated rings. The Labute approximate surface area is 196 Å². The van der Waals surface area contributed by atoms with Crippen molar-refractivity contribution in [1.82, 2.24) is 4.57 Å². The number of aliphatic hydroxyl groups is 4. The number of methoxy groups -OCH3 is 1. The number of aromatic nitrogens is 1. The highest BCUT2D eigenvalue weighted by Gasteiger charge is 2.44. The molecule has 1 aromatic heterocycles. The molecule has 7 nitrogen and oxygen atoms in total. The number of ether oxygens (including phenoxy) is 2. The highest BCUT2D eigenvalue weighted by Crippen LogP contribution is 2.44. The van der Waals surface area contributed by atoms with Gasteiger partial charge in [-0.15, -0.1) is 0 Å². The molecule has 0 amide bonds. The molecule has 0 bridgehead atoms. The SMILES string of the molecule is COc1ccc(Sc2cn([C@@H]3O[C@H](CO)[C@@H](O)[C@H](O)[C@H]3O)c3c(Cl)ccc(Cl)c23)c(F)c1. The fraction of sp³-hybridized carbons (Fsp3) is 0.333. The van der Waals surface area contributed by atoms with Gasteiger partial charge in [-0.05, 0) is 24.3 Å². The van der Waals surface area contributed by atoms with Crippen LogP contribution in [0.3, 0.4) is 0 Å². The first-order valence-electron chi connectivity index (χ1n) is 9.57. The maximum atomic E-state index is 14.6. The number of fused-ring (bicyclic) bond motifs is 1. The lowest BCUT2D eigenvalue weighted by molar-refractivity contribution is -0.250. The molecule has 1 saturated heterocycles. The van der Waals surface area contributed by atoms with Gasteiger partial charge in [0, 0.05) is 27.4 Å². The van der Waals surface area contributed by atoms with Crippen molar-refractivity contribution in [3.05, 3.63) is 52.4 Å². The Kier molecular flexibility index (Phi) is 6.90. The van der Waals surface area contributed by atoms with Crippen molar-refractivity contribution in [3.63, 3.8) is 0 Å². The molecule has 2 heterocycles. The van der Waals surface area contributed by atoms with Gasteiger partial charge in [-0.3, -0.25) is 0 Å². The number of hydrogen-bond acceptors (Lipinski definition) is 7. The first-order valence-corrected chi connectivity index (χ1v) is 11.1. The van der Waals surface area contributed by atoms with Crippen molar-refractivity contribution in [2.24, 2.45) is 0 Å². The number of benzene rings is 2. The van der Waals surface area contributed by atoms with Crippen molar-refractivity contribution in [1.29, 1.82) is 0 Å². The van der Waals surface area contributed by atoms with E-state index in [4.69, 9.17) is 32.7 Å². The summed E-state index contributed by atoms with van der Waals surface area (Å²) in [5, 5.41) is 41.6. The Morgan fingerprint density at radius 1 is 1.06 bits per heavy atom. The molecule has 1 aliphatic rings. The summed E-state index contributed by atoms with van der Waals surface area (Å²) >= 11 is 14.0. The Bertz CT molecular complexity index is 1140. The van der Waals surface area contributed by atoms with Gasteiger partial charge in [0.1, 0.15) is 36.0 Å². The average Bonchev–Trinajstić information content (AvgIpc) is 3.16. The third-order valence-corrected chi connectivity index (χ3v) is 7.04. The highest BCUT2D eigenvalue weighted by molar-refractivity contribution is 7.99. The van der Waals surface area contributed by atoms with Gasteiger partial charge in [0.2, 0.25) is 0 Å². The molecule has 0 saturated carbocycles. The smallest absolute Gasteiger partial charge is 0.163 e. The van der Waals surface area contributed by atoms with Crippen LogP contribution in [0.2, 0.25) is 10.0 Å². The summed E-state index contributed by atoms with van der Waals surface area (Å²) < 4.78 is 26.8. The van der Waals surface area contributed by atoms with E-state index in [1.54, 1.807) is 30.5 Å². The van der Waals surface area contributed by atoms with Gasteiger partial charge in [-0.1, -0.05) is 35.0 Å². The third kappa shape index (κ3) is 4.08. The van der Waals surface area contributed by atoms with Gasteiger partial charge < -0.3 is 34.5 Å². The van der Waals surface area contributed by atoms with E-state index in [9.17, 15) is 24.8 Å². The second-order valence-corrected chi connectivity index (χ2v) is 9.17. The van der Waals surface area contributed by atoms with Crippen molar-refractivity contribution in [3.8, 4) is 5.75 Å². The molecule has 0 spiro atoms. The first-order chi connectivity index (χ1) is 15.3. The molecule has 0 unspecified atom stereocenters. The summed E-state index contributed by atoms with van der Waals surface area (Å²) in [6, 6.07) is 7.60. The normalized spacial score (nSPS) is 25.9. The molecule has 0 aliphatic carbocycles. The molecule has 4 rings (SSSR count). The molecule has 3 aromatic rings. The molecular formula is C21H20Cl2FNO6S. The van der Waals surface area contributed by atoms with Crippen LogP contribution in [0.5, 0.6) is 5.75 Å². The summed E-state index contributed by atoms with van der Waals surface area (Å²) in [5.74, 6) is -0.127. The van der Waals surface area contributed by atoms with E-state index in [0.717, 1.165) is 11.8 Å². The number of aliphatic hydroxyl groups excluding tert-OH is 4. The average molecular weight is 504 g/mol. The van der Waals surface area contributed by atoms with E-state index in [0.29, 0.717) is 31.5 Å². The summed E-state index contributed by atoms with van der Waals surface area (Å²) in [6.45, 7) is -0.576. The Hall–Kier alpha value is -1.56. The predicted molar refractivity (Wildman–Crippen MR) is 118 cm³/mol. The molecule has 5 atom stereocenters. The summed E-state index contributed by atoms with van der Waals surface area (Å²) in [5.41, 5.74) is 0.389. The number of hydrogen-bond donors (Lipinski definition) is 4. The standard InChI is InChI=1S/C21H20Cl2FNO6S/c1-30-9-2-5-14(12(24)6-9)32-15-7-25(17-11(23)4-3-10(22)16(15)17)21-20(29)19(28)18(27)13(8-26)31-21/h2-7,13,18-21,26-29H,8H2,1H3/t13-,18-,19+,20-,21-/m1/s1. The summed E-state index contributed by atoms with van der Waals surface area (Å²) in [4.78, 5) is 0.822. The number of rotatable bonds is 5. The van der Waals surface area contributed by atoms with E-state index in [1.807, 2.05) is 0 Å². The molecular weight excluding hydrogens is 484 g/mol. The fourth-order valence-corrected chi connectivity index (χ4v) is 5.25. The van der Waals surface area contributed by atoms with Crippen LogP contribution in [0.1, 0.15) is 6.23 Å². The second kappa shape index (κ2) is 9.36. The lowest BCUT2D eigenvalue weighted by Crippen LogP contribution is -2.56. The van der Waals surface area contributed by atoms with Gasteiger partial charge >= 0.3 is 0 Å². The lowest BCUT2D eigenvalue weighted by atomic mass is 9.98. The van der Waals surface area contributed by atoms with E-state index in [1.165, 1.54) is 17.7 Å². The van der Waals surface area contributed by atoms with Gasteiger partial charge in [0.15, 0.2) is 6.23 Å². The highest BCUT2D eigenvalue weighted by atomic mass is 35.5. The quantitative estimate of drug-likeness (QED) is 0.423. The zero-order valence-corrected chi connectivity index (χ0v) is 19.0. The monoisotopic (exact) mass is 503 g/mol. The molecule has 0 radical (unpaired) electrons. The minimum absolute atomic E-state index is 0.281. The Morgan fingerprint density at radius 2 is 1.78 bits per heavy atom. The van der Waals surface area contributed by atoms with Crippen LogP contribution in [0.15, 0.2) is 46.3 Å². The van der Waals surface area contributed by atoms with E-state index < -0.39 is 43.1 Å². The van der Waals surface area contributed by atoms with Crippen LogP contribution < -0.4 is 4.74 Å². The fourth-order valence-electron chi connectivity index (χ4n) is 3.68. The van der Waals surface area contributed by atoms with Gasteiger partial charge in [0.25, 0.3) is 0 Å². The van der Waals surface area contributed by atoms with Crippen molar-refractivity contribution >= 4 is 45.9 Å². The van der Waals surface area contributed by atoms with E-state index >= 15 is 0 Å². The second-order valence-electron chi connectivity index (χ2n) is 7.27. The molecule has 32 heavy (non-hydrogen) atoms. The van der Waals surface area contributed by atoms with Gasteiger partial charge in [0.05, 0.1) is 29.3 Å². The molecule has 172 valence electrons. The summed E-state index contributed by atoms with van der Waals surface area (Å²) in [6.07, 6.45) is -5.34. The molecule has 4 N–H and O–H groups in total. The lowest BCUT2D eigenvalue weighted by Gasteiger charge is -2.40. The van der Waals surface area contributed by atoms with E-state index in [-0.39, 0.29) is 5.02 Å². The zero-order valence-electron chi connectivity index (χ0n) is 16.7. The van der Waals surface area contributed by atoms with Crippen LogP contribution in [0, 0.1) is 5.82 Å². The minimum atomic E-state index is -1.57. The van der Waals surface area contributed by atoms with Crippen LogP contribution >= 0.6 is 35.0 Å². The predicted octanol–water partition coefficient (Wildman–Crippen LogP) is 3.22. The third-order valence-electron chi connectivity index (χ3n) is 5.34. The molecule has 2 aromatic carbocycles. The Morgan fingerprint density at radius 3 is 2.44 bits per heavy atom. The van der Waals surface area contributed by atoms with Crippen LogP contribution in [0.25, 0.3) is 10.9 Å². The van der Waals surface area contributed by atoms with Crippen LogP contribution in [-0.4, -0.2) is 63.1 Å².